The van der Waals surface area contributed by atoms with Gasteiger partial charge in [-0.05, 0) is 68.4 Å². The van der Waals surface area contributed by atoms with Crippen molar-refractivity contribution in [3.8, 4) is 0 Å². The van der Waals surface area contributed by atoms with Crippen molar-refractivity contribution in [2.24, 2.45) is 17.8 Å². The normalized spacial score (nSPS) is 39.5. The predicted molar refractivity (Wildman–Crippen MR) is 77.6 cm³/mol. The van der Waals surface area contributed by atoms with Gasteiger partial charge in [0.15, 0.2) is 0 Å². The third-order valence-electron chi connectivity index (χ3n) is 5.39. The van der Waals surface area contributed by atoms with Crippen molar-refractivity contribution in [2.45, 2.75) is 44.1 Å². The number of nitrogens with two attached hydrogens (primary N) is 2. The topological polar surface area (TPSA) is 77.0 Å². The second-order valence-electron chi connectivity index (χ2n) is 6.99. The number of nitrogens with zero attached hydrogens (tertiary/aromatic N) is 1. The van der Waals surface area contributed by atoms with Gasteiger partial charge in [0.2, 0.25) is 0 Å². The van der Waals surface area contributed by atoms with Crippen molar-refractivity contribution in [3.63, 3.8) is 0 Å². The number of aromatic nitrogens is 1. The van der Waals surface area contributed by atoms with Crippen molar-refractivity contribution in [2.75, 3.05) is 16.8 Å². The van der Waals surface area contributed by atoms with E-state index in [9.17, 15) is 0 Å². The smallest absolute Gasteiger partial charge is 0.149 e. The van der Waals surface area contributed by atoms with Gasteiger partial charge in [-0.25, -0.2) is 4.98 Å². The quantitative estimate of drug-likeness (QED) is 0.762. The molecule has 0 spiro atoms. The van der Waals surface area contributed by atoms with Crippen LogP contribution in [0.3, 0.4) is 0 Å². The second kappa shape index (κ2) is 3.78. The van der Waals surface area contributed by atoms with Crippen LogP contribution >= 0.6 is 0 Å². The Morgan fingerprint density at radius 3 is 2.11 bits per heavy atom. The highest BCUT2D eigenvalue weighted by molar-refractivity contribution is 5.62. The Morgan fingerprint density at radius 2 is 1.58 bits per heavy atom. The lowest BCUT2D eigenvalue weighted by Gasteiger charge is -2.57. The van der Waals surface area contributed by atoms with Gasteiger partial charge < -0.3 is 16.8 Å². The van der Waals surface area contributed by atoms with Crippen LogP contribution in [0.5, 0.6) is 0 Å². The van der Waals surface area contributed by atoms with Crippen molar-refractivity contribution >= 4 is 17.3 Å². The molecule has 102 valence electrons. The zero-order chi connectivity index (χ0) is 13.0. The lowest BCUT2D eigenvalue weighted by atomic mass is 9.53. The van der Waals surface area contributed by atoms with E-state index < -0.39 is 0 Å². The average molecular weight is 258 g/mol. The zero-order valence-electron chi connectivity index (χ0n) is 11.2. The summed E-state index contributed by atoms with van der Waals surface area (Å²) >= 11 is 0. The van der Waals surface area contributed by atoms with E-state index in [0.717, 1.165) is 23.6 Å². The van der Waals surface area contributed by atoms with Gasteiger partial charge in [0.1, 0.15) is 11.6 Å². The van der Waals surface area contributed by atoms with Gasteiger partial charge in [0.05, 0.1) is 5.69 Å². The van der Waals surface area contributed by atoms with Gasteiger partial charge in [-0.2, -0.15) is 0 Å². The second-order valence-corrected chi connectivity index (χ2v) is 6.99. The van der Waals surface area contributed by atoms with E-state index in [1.807, 2.05) is 12.1 Å². The Kier molecular flexibility index (Phi) is 2.26. The van der Waals surface area contributed by atoms with Crippen LogP contribution in [0.2, 0.25) is 0 Å². The molecule has 4 nitrogen and oxygen atoms in total. The van der Waals surface area contributed by atoms with Crippen molar-refractivity contribution in [3.05, 3.63) is 12.1 Å². The molecule has 5 N–H and O–H groups in total. The predicted octanol–water partition coefficient (Wildman–Crippen LogP) is 2.63. The molecule has 0 atom stereocenters. The first-order chi connectivity index (χ1) is 9.12. The Hall–Kier alpha value is -1.45. The van der Waals surface area contributed by atoms with Gasteiger partial charge in [0, 0.05) is 5.54 Å². The molecule has 1 aromatic heterocycles. The summed E-state index contributed by atoms with van der Waals surface area (Å²) in [6.45, 7) is 0. The van der Waals surface area contributed by atoms with Crippen LogP contribution in [-0.2, 0) is 0 Å². The van der Waals surface area contributed by atoms with Crippen LogP contribution in [0.15, 0.2) is 12.1 Å². The Morgan fingerprint density at radius 1 is 1.00 bits per heavy atom. The zero-order valence-corrected chi connectivity index (χ0v) is 11.2. The number of hydrogen-bond donors (Lipinski definition) is 3. The Labute approximate surface area is 114 Å². The van der Waals surface area contributed by atoms with Crippen molar-refractivity contribution in [1.82, 2.24) is 4.98 Å². The summed E-state index contributed by atoms with van der Waals surface area (Å²) in [4.78, 5) is 4.39. The summed E-state index contributed by atoms with van der Waals surface area (Å²) in [6, 6.07) is 3.81. The molecule has 4 bridgehead atoms. The van der Waals surface area contributed by atoms with Crippen molar-refractivity contribution in [1.29, 1.82) is 0 Å². The van der Waals surface area contributed by atoms with E-state index in [2.05, 4.69) is 10.3 Å². The maximum Gasteiger partial charge on any atom is 0.149 e. The summed E-state index contributed by atoms with van der Waals surface area (Å²) in [7, 11) is 0. The lowest BCUT2D eigenvalue weighted by Crippen LogP contribution is -2.54. The first-order valence-electron chi connectivity index (χ1n) is 7.42. The molecule has 0 radical (unpaired) electrons. The first kappa shape index (κ1) is 11.4. The molecule has 4 aliphatic rings. The van der Waals surface area contributed by atoms with E-state index in [1.165, 1.54) is 38.5 Å². The molecule has 4 fully saturated rings. The van der Waals surface area contributed by atoms with Crippen LogP contribution < -0.4 is 16.8 Å². The van der Waals surface area contributed by atoms with Gasteiger partial charge in [-0.1, -0.05) is 0 Å². The molecule has 1 aromatic rings. The minimum Gasteiger partial charge on any atom is -0.396 e. The number of rotatable bonds is 2. The Bertz CT molecular complexity index is 476. The molecule has 0 aliphatic heterocycles. The average Bonchev–Trinajstić information content (AvgIpc) is 2.31. The largest absolute Gasteiger partial charge is 0.396 e. The van der Waals surface area contributed by atoms with Crippen LogP contribution in [0, 0.1) is 17.8 Å². The third kappa shape index (κ3) is 1.85. The fourth-order valence-corrected chi connectivity index (χ4v) is 5.09. The molecule has 4 saturated carbocycles. The van der Waals surface area contributed by atoms with Crippen LogP contribution in [-0.4, -0.2) is 10.5 Å². The minimum atomic E-state index is 0.282. The first-order valence-corrected chi connectivity index (χ1v) is 7.42. The fourth-order valence-electron chi connectivity index (χ4n) is 5.09. The monoisotopic (exact) mass is 258 g/mol. The summed E-state index contributed by atoms with van der Waals surface area (Å²) in [6.07, 6.45) is 8.30. The number of anilines is 3. The Balaban J connectivity index is 1.60. The maximum atomic E-state index is 5.81. The summed E-state index contributed by atoms with van der Waals surface area (Å²) in [5, 5.41) is 3.71. The van der Waals surface area contributed by atoms with E-state index >= 15 is 0 Å². The molecule has 0 unspecified atom stereocenters. The summed E-state index contributed by atoms with van der Waals surface area (Å²) in [5.41, 5.74) is 12.4. The number of nitrogen functional groups attached to an aromatic ring is 2. The molecule has 5 rings (SSSR count). The van der Waals surface area contributed by atoms with E-state index in [4.69, 9.17) is 11.5 Å². The molecule has 1 heterocycles. The number of pyridine rings is 1. The fraction of sp³-hybridized carbons (Fsp3) is 0.667. The molecular formula is C15H22N4. The molecular weight excluding hydrogens is 236 g/mol. The number of hydrogen-bond acceptors (Lipinski definition) is 4. The lowest BCUT2D eigenvalue weighted by molar-refractivity contribution is 0.0105. The maximum absolute atomic E-state index is 5.81. The summed E-state index contributed by atoms with van der Waals surface area (Å²) in [5.74, 6) is 4.14. The number of nitrogens with one attached hydrogen (secondary N) is 1. The van der Waals surface area contributed by atoms with Gasteiger partial charge in [0.25, 0.3) is 0 Å². The van der Waals surface area contributed by atoms with E-state index in [0.29, 0.717) is 11.5 Å². The van der Waals surface area contributed by atoms with E-state index in [1.54, 1.807) is 0 Å². The highest BCUT2D eigenvalue weighted by Crippen LogP contribution is 2.56. The van der Waals surface area contributed by atoms with Gasteiger partial charge in [-0.15, -0.1) is 0 Å². The van der Waals surface area contributed by atoms with E-state index in [-0.39, 0.29) is 5.54 Å². The van der Waals surface area contributed by atoms with Crippen molar-refractivity contribution < 1.29 is 0 Å². The van der Waals surface area contributed by atoms with Crippen LogP contribution in [0.25, 0.3) is 0 Å². The highest BCUT2D eigenvalue weighted by Gasteiger charge is 2.51. The molecule has 4 heteroatoms. The molecule has 0 aromatic carbocycles. The molecule has 0 saturated heterocycles. The standard InChI is InChI=1S/C15H22N4/c16-12-1-2-13(18-14(12)17)19-15-6-9-3-10(7-15)5-11(4-9)8-15/h1-2,9-11H,3-8,16H2,(H3,17,18,19). The van der Waals surface area contributed by atoms with Gasteiger partial charge in [-0.3, -0.25) is 0 Å². The van der Waals surface area contributed by atoms with Crippen LogP contribution in [0.4, 0.5) is 17.3 Å². The summed E-state index contributed by atoms with van der Waals surface area (Å²) < 4.78 is 0. The minimum absolute atomic E-state index is 0.282. The van der Waals surface area contributed by atoms with Crippen LogP contribution in [0.1, 0.15) is 38.5 Å². The molecule has 19 heavy (non-hydrogen) atoms. The third-order valence-corrected chi connectivity index (χ3v) is 5.39. The molecule has 0 amide bonds. The van der Waals surface area contributed by atoms with Gasteiger partial charge >= 0.3 is 0 Å². The SMILES string of the molecule is Nc1ccc(NC23CC4CC(CC(C4)C2)C3)nc1N. The molecule has 4 aliphatic carbocycles. The highest BCUT2D eigenvalue weighted by atomic mass is 15.1.